The molecule has 0 aliphatic heterocycles. The third-order valence-electron chi connectivity index (χ3n) is 3.99. The number of carbonyl (C=O) groups excluding carboxylic acids is 3. The van der Waals surface area contributed by atoms with Gasteiger partial charge in [-0.15, -0.1) is 22.7 Å². The number of ether oxygens (including phenoxy) is 3. The van der Waals surface area contributed by atoms with E-state index in [0.29, 0.717) is 16.3 Å². The van der Waals surface area contributed by atoms with Crippen molar-refractivity contribution in [2.24, 2.45) is 0 Å². The Kier molecular flexibility index (Phi) is 7.37. The summed E-state index contributed by atoms with van der Waals surface area (Å²) in [5.41, 5.74) is 4.24. The molecule has 1 unspecified atom stereocenters. The van der Waals surface area contributed by atoms with Gasteiger partial charge in [0.25, 0.3) is 5.91 Å². The van der Waals surface area contributed by atoms with Crippen LogP contribution in [0.15, 0.2) is 41.2 Å². The Labute approximate surface area is 186 Å². The Morgan fingerprint density at radius 1 is 1.16 bits per heavy atom. The van der Waals surface area contributed by atoms with Crippen molar-refractivity contribution in [1.82, 2.24) is 4.98 Å². The lowest BCUT2D eigenvalue weighted by atomic mass is 10.1. The molecule has 0 aliphatic carbocycles. The maximum absolute atomic E-state index is 12.5. The van der Waals surface area contributed by atoms with Crippen molar-refractivity contribution in [1.29, 1.82) is 0 Å². The summed E-state index contributed by atoms with van der Waals surface area (Å²) in [5.74, 6) is -0.858. The van der Waals surface area contributed by atoms with Crippen LogP contribution >= 0.6 is 22.7 Å². The first kappa shape index (κ1) is 22.4. The molecule has 3 aromatic rings. The van der Waals surface area contributed by atoms with Gasteiger partial charge in [-0.3, -0.25) is 4.79 Å². The summed E-state index contributed by atoms with van der Waals surface area (Å²) in [6, 6.07) is 9.14. The minimum Gasteiger partial charge on any atom is -0.435 e. The van der Waals surface area contributed by atoms with Crippen LogP contribution in [0.25, 0.3) is 10.4 Å². The third-order valence-corrected chi connectivity index (χ3v) is 5.85. The molecule has 1 amide bonds. The van der Waals surface area contributed by atoms with Gasteiger partial charge in [0.2, 0.25) is 6.29 Å². The van der Waals surface area contributed by atoms with Gasteiger partial charge in [0.1, 0.15) is 10.6 Å². The molecule has 2 aromatic heterocycles. The van der Waals surface area contributed by atoms with Crippen LogP contribution in [0.4, 0.5) is 10.5 Å². The fourth-order valence-electron chi connectivity index (χ4n) is 2.58. The van der Waals surface area contributed by atoms with Gasteiger partial charge in [-0.05, 0) is 43.2 Å². The van der Waals surface area contributed by atoms with Crippen LogP contribution in [0.2, 0.25) is 0 Å². The average molecular weight is 461 g/mol. The first-order valence-electron chi connectivity index (χ1n) is 9.32. The van der Waals surface area contributed by atoms with E-state index >= 15 is 0 Å². The number of thiophene rings is 1. The van der Waals surface area contributed by atoms with E-state index in [2.05, 4.69) is 15.0 Å². The molecule has 0 spiro atoms. The molecule has 3 rings (SSSR count). The molecule has 0 aliphatic rings. The topological polar surface area (TPSA) is 104 Å². The lowest BCUT2D eigenvalue weighted by molar-refractivity contribution is -0.0809. The Balaban J connectivity index is 1.65. The van der Waals surface area contributed by atoms with Crippen LogP contribution in [0.5, 0.6) is 0 Å². The second-order valence-electron chi connectivity index (χ2n) is 6.30. The maximum Gasteiger partial charge on any atom is 0.511 e. The van der Waals surface area contributed by atoms with E-state index in [4.69, 9.17) is 9.47 Å². The molecule has 0 radical (unpaired) electrons. The number of nitrogens with one attached hydrogen (secondary N) is 1. The first-order chi connectivity index (χ1) is 14.9. The molecule has 1 N–H and O–H groups in total. The van der Waals surface area contributed by atoms with E-state index in [1.807, 2.05) is 18.2 Å². The predicted octanol–water partition coefficient (Wildman–Crippen LogP) is 5.11. The standard InChI is InChI=1S/C21H20N2O6S2/c1-4-27-21(26)29-13(3)28-20(25)18-12(2)9-17(31-18)14-5-7-15(8-6-14)23-19(24)16-10-30-11-22-16/h5-11,13H,4H2,1-3H3,(H,23,24). The normalized spacial score (nSPS) is 11.5. The SMILES string of the molecule is CCOC(=O)OC(C)OC(=O)c1sc(-c2ccc(NC(=O)c3cscn3)cc2)cc1C. The molecule has 2 heterocycles. The van der Waals surface area contributed by atoms with Crippen molar-refractivity contribution in [3.8, 4) is 10.4 Å². The van der Waals surface area contributed by atoms with Crippen LogP contribution < -0.4 is 5.32 Å². The number of nitrogens with zero attached hydrogens (tertiary/aromatic N) is 1. The van der Waals surface area contributed by atoms with Gasteiger partial charge in [-0.25, -0.2) is 14.6 Å². The molecule has 1 atom stereocenters. The average Bonchev–Trinajstić information content (AvgIpc) is 3.38. The molecule has 0 bridgehead atoms. The van der Waals surface area contributed by atoms with E-state index in [0.717, 1.165) is 16.0 Å². The number of hydrogen-bond donors (Lipinski definition) is 1. The predicted molar refractivity (Wildman–Crippen MR) is 118 cm³/mol. The zero-order chi connectivity index (χ0) is 22.4. The van der Waals surface area contributed by atoms with E-state index in [9.17, 15) is 14.4 Å². The van der Waals surface area contributed by atoms with Crippen molar-refractivity contribution in [3.63, 3.8) is 0 Å². The molecule has 0 saturated heterocycles. The van der Waals surface area contributed by atoms with Crippen LogP contribution in [0.3, 0.4) is 0 Å². The van der Waals surface area contributed by atoms with Crippen molar-refractivity contribution in [2.45, 2.75) is 27.1 Å². The zero-order valence-electron chi connectivity index (χ0n) is 17.0. The number of benzene rings is 1. The lowest BCUT2D eigenvalue weighted by Crippen LogP contribution is -2.22. The van der Waals surface area contributed by atoms with Gasteiger partial charge in [0.15, 0.2) is 0 Å². The summed E-state index contributed by atoms with van der Waals surface area (Å²) < 4.78 is 14.7. The second-order valence-corrected chi connectivity index (χ2v) is 8.07. The largest absolute Gasteiger partial charge is 0.511 e. The van der Waals surface area contributed by atoms with Gasteiger partial charge in [0.05, 0.1) is 12.1 Å². The minimum atomic E-state index is -1.07. The lowest BCUT2D eigenvalue weighted by Gasteiger charge is -2.13. The van der Waals surface area contributed by atoms with Crippen molar-refractivity contribution < 1.29 is 28.6 Å². The van der Waals surface area contributed by atoms with E-state index in [1.165, 1.54) is 29.6 Å². The van der Waals surface area contributed by atoms with Crippen molar-refractivity contribution in [3.05, 3.63) is 57.4 Å². The molecule has 8 nitrogen and oxygen atoms in total. The van der Waals surface area contributed by atoms with Gasteiger partial charge >= 0.3 is 12.1 Å². The number of aryl methyl sites for hydroxylation is 1. The molecule has 1 aromatic carbocycles. The number of esters is 1. The fraction of sp³-hybridized carbons (Fsp3) is 0.238. The van der Waals surface area contributed by atoms with Gasteiger partial charge in [0, 0.05) is 22.9 Å². The van der Waals surface area contributed by atoms with Gasteiger partial charge in [-0.1, -0.05) is 12.1 Å². The Morgan fingerprint density at radius 3 is 2.55 bits per heavy atom. The number of hydrogen-bond acceptors (Lipinski definition) is 9. The molecular formula is C21H20N2O6S2. The zero-order valence-corrected chi connectivity index (χ0v) is 18.7. The third kappa shape index (κ3) is 5.89. The molecule has 10 heteroatoms. The molecule has 0 saturated carbocycles. The summed E-state index contributed by atoms with van der Waals surface area (Å²) in [6.07, 6.45) is -1.97. The Hall–Kier alpha value is -3.24. The summed E-state index contributed by atoms with van der Waals surface area (Å²) in [5, 5.41) is 4.46. The number of amides is 1. The molecule has 0 fully saturated rings. The highest BCUT2D eigenvalue weighted by Crippen LogP contribution is 2.32. The van der Waals surface area contributed by atoms with Crippen LogP contribution in [0, 0.1) is 6.92 Å². The number of thiazole rings is 1. The summed E-state index contributed by atoms with van der Waals surface area (Å²) in [7, 11) is 0. The Bertz CT molecular complexity index is 1060. The van der Waals surface area contributed by atoms with Crippen LogP contribution in [0.1, 0.15) is 39.6 Å². The van der Waals surface area contributed by atoms with E-state index in [-0.39, 0.29) is 12.5 Å². The van der Waals surface area contributed by atoms with Gasteiger partial charge < -0.3 is 19.5 Å². The highest BCUT2D eigenvalue weighted by Gasteiger charge is 2.20. The number of rotatable bonds is 7. The quantitative estimate of drug-likeness (QED) is 0.386. The van der Waals surface area contributed by atoms with E-state index in [1.54, 1.807) is 36.9 Å². The van der Waals surface area contributed by atoms with E-state index < -0.39 is 18.4 Å². The highest BCUT2D eigenvalue weighted by atomic mass is 32.1. The van der Waals surface area contributed by atoms with Crippen molar-refractivity contribution in [2.75, 3.05) is 11.9 Å². The first-order valence-corrected chi connectivity index (χ1v) is 11.1. The minimum absolute atomic E-state index is 0.167. The fourth-order valence-corrected chi connectivity index (χ4v) is 4.17. The highest BCUT2D eigenvalue weighted by molar-refractivity contribution is 7.17. The number of aromatic nitrogens is 1. The summed E-state index contributed by atoms with van der Waals surface area (Å²) in [4.78, 5) is 41.1. The molecule has 162 valence electrons. The molecule has 31 heavy (non-hydrogen) atoms. The van der Waals surface area contributed by atoms with Gasteiger partial charge in [-0.2, -0.15) is 0 Å². The van der Waals surface area contributed by atoms with Crippen LogP contribution in [-0.4, -0.2) is 35.9 Å². The molecular weight excluding hydrogens is 440 g/mol. The maximum atomic E-state index is 12.5. The summed E-state index contributed by atoms with van der Waals surface area (Å²) >= 11 is 2.62. The number of carbonyl (C=O) groups is 3. The Morgan fingerprint density at radius 2 is 1.90 bits per heavy atom. The second kappa shape index (κ2) is 10.2. The van der Waals surface area contributed by atoms with Crippen molar-refractivity contribution >= 4 is 46.4 Å². The monoisotopic (exact) mass is 460 g/mol. The summed E-state index contributed by atoms with van der Waals surface area (Å²) in [6.45, 7) is 5.06. The number of anilines is 1. The van der Waals surface area contributed by atoms with Crippen LogP contribution in [-0.2, 0) is 14.2 Å². The smallest absolute Gasteiger partial charge is 0.435 e.